The quantitative estimate of drug-likeness (QED) is 0.715. The Bertz CT molecular complexity index is 456. The first-order chi connectivity index (χ1) is 6.16. The molecule has 13 heavy (non-hydrogen) atoms. The third-order valence-corrected chi connectivity index (χ3v) is 1.69. The second-order valence-electron chi connectivity index (χ2n) is 2.69. The minimum Gasteiger partial charge on any atom is -0.481 e. The molecule has 6 heteroatoms. The van der Waals surface area contributed by atoms with Gasteiger partial charge in [0.25, 0.3) is 5.71 Å². The zero-order valence-electron chi connectivity index (χ0n) is 6.89. The van der Waals surface area contributed by atoms with Gasteiger partial charge in [-0.3, -0.25) is 4.79 Å². The van der Waals surface area contributed by atoms with Crippen LogP contribution in [0.3, 0.4) is 0 Å². The number of carboxylic acid groups (broad SMARTS) is 1. The molecule has 6 nitrogen and oxygen atoms in total. The zero-order valence-corrected chi connectivity index (χ0v) is 6.89. The smallest absolute Gasteiger partial charge is 0.311 e. The summed E-state index contributed by atoms with van der Waals surface area (Å²) in [7, 11) is 1.72. The van der Waals surface area contributed by atoms with E-state index in [0.717, 1.165) is 0 Å². The summed E-state index contributed by atoms with van der Waals surface area (Å²) in [6, 6.07) is 1.63. The summed E-state index contributed by atoms with van der Waals surface area (Å²) < 4.78 is 6.66. The van der Waals surface area contributed by atoms with Gasteiger partial charge in [0.15, 0.2) is 0 Å². The number of carbonyl (C=O) groups is 1. The molecule has 1 N–H and O–H groups in total. The van der Waals surface area contributed by atoms with Crippen molar-refractivity contribution in [2.45, 2.75) is 6.42 Å². The van der Waals surface area contributed by atoms with Crippen LogP contribution in [0.5, 0.6) is 0 Å². The van der Waals surface area contributed by atoms with E-state index in [1.54, 1.807) is 13.1 Å². The number of hydrogen-bond acceptors (Lipinski definition) is 4. The average Bonchev–Trinajstić information content (AvgIpc) is 2.53. The van der Waals surface area contributed by atoms with Crippen LogP contribution in [0.25, 0.3) is 11.2 Å². The molecule has 0 atom stereocenters. The Hall–Kier alpha value is -1.85. The van der Waals surface area contributed by atoms with Gasteiger partial charge in [-0.05, 0) is 0 Å². The minimum absolute atomic E-state index is 0.129. The fourth-order valence-corrected chi connectivity index (χ4v) is 1.12. The molecular weight excluding hydrogens is 174 g/mol. The average molecular weight is 181 g/mol. The Morgan fingerprint density at radius 1 is 1.77 bits per heavy atom. The third kappa shape index (κ3) is 1.26. The van der Waals surface area contributed by atoms with Crippen molar-refractivity contribution in [2.24, 2.45) is 7.05 Å². The summed E-state index contributed by atoms with van der Waals surface area (Å²) in [5.41, 5.74) is 1.08. The fourth-order valence-electron chi connectivity index (χ4n) is 1.12. The lowest BCUT2D eigenvalue weighted by Gasteiger charge is -1.86. The van der Waals surface area contributed by atoms with Gasteiger partial charge in [-0.25, -0.2) is 4.68 Å². The summed E-state index contributed by atoms with van der Waals surface area (Å²) in [6.07, 6.45) is -0.129. The van der Waals surface area contributed by atoms with E-state index < -0.39 is 5.97 Å². The lowest BCUT2D eigenvalue weighted by molar-refractivity contribution is -0.136. The first-order valence-corrected chi connectivity index (χ1v) is 3.66. The fraction of sp³-hybridized carbons (Fsp3) is 0.286. The maximum atomic E-state index is 10.3. The SMILES string of the molecule is Cn1nnc2oc(CC(=O)O)cc21. The van der Waals surface area contributed by atoms with Crippen molar-refractivity contribution in [3.63, 3.8) is 0 Å². The lowest BCUT2D eigenvalue weighted by Crippen LogP contribution is -1.98. The molecule has 2 aromatic heterocycles. The van der Waals surface area contributed by atoms with Gasteiger partial charge >= 0.3 is 5.97 Å². The Morgan fingerprint density at radius 2 is 2.54 bits per heavy atom. The number of aryl methyl sites for hydroxylation is 1. The first-order valence-electron chi connectivity index (χ1n) is 3.66. The van der Waals surface area contributed by atoms with Gasteiger partial charge in [-0.2, -0.15) is 0 Å². The summed E-state index contributed by atoms with van der Waals surface area (Å²) in [6.45, 7) is 0. The van der Waals surface area contributed by atoms with Crippen molar-refractivity contribution in [1.82, 2.24) is 15.0 Å². The molecular formula is C7H7N3O3. The Balaban J connectivity index is 2.44. The molecule has 0 bridgehead atoms. The predicted molar refractivity (Wildman–Crippen MR) is 42.1 cm³/mol. The van der Waals surface area contributed by atoms with Crippen molar-refractivity contribution in [2.75, 3.05) is 0 Å². The van der Waals surface area contributed by atoms with Gasteiger partial charge < -0.3 is 9.52 Å². The van der Waals surface area contributed by atoms with E-state index in [1.165, 1.54) is 4.68 Å². The number of furan rings is 1. The topological polar surface area (TPSA) is 81.2 Å². The van der Waals surface area contributed by atoms with Crippen molar-refractivity contribution < 1.29 is 14.3 Å². The van der Waals surface area contributed by atoms with Crippen molar-refractivity contribution in [3.8, 4) is 0 Å². The number of aromatic nitrogens is 3. The normalized spacial score (nSPS) is 10.8. The highest BCUT2D eigenvalue weighted by Crippen LogP contribution is 2.15. The van der Waals surface area contributed by atoms with Gasteiger partial charge in [-0.15, -0.1) is 0 Å². The van der Waals surface area contributed by atoms with E-state index in [-0.39, 0.29) is 6.42 Å². The summed E-state index contributed by atoms with van der Waals surface area (Å²) >= 11 is 0. The summed E-state index contributed by atoms with van der Waals surface area (Å²) in [5.74, 6) is -0.532. The van der Waals surface area contributed by atoms with Gasteiger partial charge in [0.05, 0.1) is 0 Å². The number of hydrogen-bond donors (Lipinski definition) is 1. The molecule has 2 heterocycles. The highest BCUT2D eigenvalue weighted by Gasteiger charge is 2.11. The number of carboxylic acids is 1. The molecule has 0 saturated heterocycles. The Morgan fingerprint density at radius 3 is 3.15 bits per heavy atom. The third-order valence-electron chi connectivity index (χ3n) is 1.69. The molecule has 0 amide bonds. The zero-order chi connectivity index (χ0) is 9.42. The van der Waals surface area contributed by atoms with Crippen LogP contribution in [0, 0.1) is 0 Å². The highest BCUT2D eigenvalue weighted by atomic mass is 16.4. The summed E-state index contributed by atoms with van der Waals surface area (Å²) in [4.78, 5) is 10.3. The Kier molecular flexibility index (Phi) is 1.54. The largest absolute Gasteiger partial charge is 0.481 e. The molecule has 0 aromatic carbocycles. The molecule has 0 aliphatic rings. The van der Waals surface area contributed by atoms with E-state index in [4.69, 9.17) is 9.52 Å². The first kappa shape index (κ1) is 7.78. The van der Waals surface area contributed by atoms with Crippen molar-refractivity contribution in [3.05, 3.63) is 11.8 Å². The maximum absolute atomic E-state index is 10.3. The Labute approximate surface area is 72.8 Å². The van der Waals surface area contributed by atoms with Crippen molar-refractivity contribution >= 4 is 17.2 Å². The van der Waals surface area contributed by atoms with Crippen LogP contribution >= 0.6 is 0 Å². The van der Waals surface area contributed by atoms with Gasteiger partial charge in [0, 0.05) is 13.1 Å². The molecule has 0 unspecified atom stereocenters. The molecule has 2 aromatic rings. The van der Waals surface area contributed by atoms with E-state index >= 15 is 0 Å². The second kappa shape index (κ2) is 2.58. The van der Waals surface area contributed by atoms with E-state index in [2.05, 4.69) is 10.3 Å². The molecule has 0 aliphatic heterocycles. The van der Waals surface area contributed by atoms with Crippen LogP contribution in [0.4, 0.5) is 0 Å². The van der Waals surface area contributed by atoms with Crippen LogP contribution in [0.15, 0.2) is 10.5 Å². The number of rotatable bonds is 2. The predicted octanol–water partition coefficient (Wildman–Crippen LogP) is 0.188. The van der Waals surface area contributed by atoms with Crippen LogP contribution in [-0.4, -0.2) is 26.1 Å². The van der Waals surface area contributed by atoms with E-state index in [1.807, 2.05) is 0 Å². The second-order valence-corrected chi connectivity index (χ2v) is 2.69. The molecule has 68 valence electrons. The highest BCUT2D eigenvalue weighted by molar-refractivity contribution is 5.74. The van der Waals surface area contributed by atoms with Crippen LogP contribution in [0.2, 0.25) is 0 Å². The van der Waals surface area contributed by atoms with E-state index in [0.29, 0.717) is 17.0 Å². The number of nitrogens with zero attached hydrogens (tertiary/aromatic N) is 3. The van der Waals surface area contributed by atoms with Gasteiger partial charge in [0.2, 0.25) is 0 Å². The number of aliphatic carboxylic acids is 1. The van der Waals surface area contributed by atoms with E-state index in [9.17, 15) is 4.79 Å². The minimum atomic E-state index is -0.924. The standard InChI is InChI=1S/C7H7N3O3/c1-10-5-2-4(3-6(11)12)13-7(5)8-9-10/h2H,3H2,1H3,(H,11,12). The molecule has 0 spiro atoms. The lowest BCUT2D eigenvalue weighted by atomic mass is 10.3. The van der Waals surface area contributed by atoms with Crippen LogP contribution < -0.4 is 0 Å². The van der Waals surface area contributed by atoms with Crippen LogP contribution in [-0.2, 0) is 18.3 Å². The molecule has 0 fully saturated rings. The maximum Gasteiger partial charge on any atom is 0.311 e. The summed E-state index contributed by atoms with van der Waals surface area (Å²) in [5, 5.41) is 15.9. The molecule has 2 rings (SSSR count). The van der Waals surface area contributed by atoms with Gasteiger partial charge in [0.1, 0.15) is 17.7 Å². The van der Waals surface area contributed by atoms with Crippen molar-refractivity contribution in [1.29, 1.82) is 0 Å². The molecule has 0 aliphatic carbocycles. The van der Waals surface area contributed by atoms with Gasteiger partial charge in [-0.1, -0.05) is 10.3 Å². The molecule has 0 saturated carbocycles. The van der Waals surface area contributed by atoms with Crippen LogP contribution in [0.1, 0.15) is 5.76 Å². The monoisotopic (exact) mass is 181 g/mol. The molecule has 0 radical (unpaired) electrons. The number of fused-ring (bicyclic) bond motifs is 1.